The van der Waals surface area contributed by atoms with Crippen molar-refractivity contribution in [1.29, 1.82) is 0 Å². The van der Waals surface area contributed by atoms with Crippen LogP contribution in [0.3, 0.4) is 0 Å². The smallest absolute Gasteiger partial charge is 0.336 e. The number of para-hydroxylation sites is 1. The standard InChI is InChI=1S/C18H19NO4S/c1-19(11-13-7-3-5-9-15(13)23-2)17(20)12-24-16-10-6-4-8-14(16)18(21)22/h3-10H,11-12H2,1-2H3,(H,21,22). The van der Waals surface area contributed by atoms with Gasteiger partial charge in [0.15, 0.2) is 0 Å². The zero-order valence-electron chi connectivity index (χ0n) is 13.6. The van der Waals surface area contributed by atoms with E-state index in [0.717, 1.165) is 11.3 Å². The molecule has 126 valence electrons. The third-order valence-electron chi connectivity index (χ3n) is 3.49. The summed E-state index contributed by atoms with van der Waals surface area (Å²) in [5.74, 6) is -0.157. The van der Waals surface area contributed by atoms with Gasteiger partial charge in [-0.15, -0.1) is 11.8 Å². The lowest BCUT2D eigenvalue weighted by Crippen LogP contribution is -2.28. The minimum absolute atomic E-state index is 0.0777. The van der Waals surface area contributed by atoms with Crippen molar-refractivity contribution in [1.82, 2.24) is 4.90 Å². The quantitative estimate of drug-likeness (QED) is 0.781. The number of rotatable bonds is 7. The molecule has 0 aliphatic rings. The molecule has 2 rings (SSSR count). The van der Waals surface area contributed by atoms with Gasteiger partial charge in [0.25, 0.3) is 0 Å². The highest BCUT2D eigenvalue weighted by Crippen LogP contribution is 2.24. The molecule has 0 radical (unpaired) electrons. The molecule has 0 saturated heterocycles. The molecular formula is C18H19NO4S. The summed E-state index contributed by atoms with van der Waals surface area (Å²) in [5.41, 5.74) is 1.13. The molecule has 0 atom stereocenters. The Bertz CT molecular complexity index is 732. The van der Waals surface area contributed by atoms with Gasteiger partial charge in [-0.25, -0.2) is 4.79 Å². The first-order chi connectivity index (χ1) is 11.5. The predicted octanol–water partition coefficient (Wildman–Crippen LogP) is 3.14. The Labute approximate surface area is 145 Å². The van der Waals surface area contributed by atoms with Crippen LogP contribution >= 0.6 is 11.8 Å². The van der Waals surface area contributed by atoms with E-state index in [0.29, 0.717) is 11.4 Å². The van der Waals surface area contributed by atoms with E-state index < -0.39 is 5.97 Å². The first-order valence-electron chi connectivity index (χ1n) is 7.34. The van der Waals surface area contributed by atoms with E-state index in [9.17, 15) is 14.7 Å². The van der Waals surface area contributed by atoms with E-state index in [4.69, 9.17) is 4.74 Å². The van der Waals surface area contributed by atoms with Crippen molar-refractivity contribution in [2.45, 2.75) is 11.4 Å². The number of thioether (sulfide) groups is 1. The molecule has 0 bridgehead atoms. The van der Waals surface area contributed by atoms with Crippen molar-refractivity contribution in [3.8, 4) is 5.75 Å². The Morgan fingerprint density at radius 1 is 1.12 bits per heavy atom. The van der Waals surface area contributed by atoms with Crippen LogP contribution in [0, 0.1) is 0 Å². The minimum atomic E-state index is -0.993. The number of carboxylic acids is 1. The summed E-state index contributed by atoms with van der Waals surface area (Å²) in [6, 6.07) is 14.2. The maximum absolute atomic E-state index is 12.3. The van der Waals surface area contributed by atoms with Crippen molar-refractivity contribution in [2.75, 3.05) is 19.9 Å². The molecule has 1 N–H and O–H groups in total. The largest absolute Gasteiger partial charge is 0.496 e. The SMILES string of the molecule is COc1ccccc1CN(C)C(=O)CSc1ccccc1C(=O)O. The van der Waals surface area contributed by atoms with E-state index in [1.54, 1.807) is 37.3 Å². The van der Waals surface area contributed by atoms with Gasteiger partial charge >= 0.3 is 5.97 Å². The third-order valence-corrected chi connectivity index (χ3v) is 4.55. The van der Waals surface area contributed by atoms with Crippen LogP contribution in [0.15, 0.2) is 53.4 Å². The van der Waals surface area contributed by atoms with Crippen molar-refractivity contribution < 1.29 is 19.4 Å². The van der Waals surface area contributed by atoms with E-state index in [1.165, 1.54) is 17.8 Å². The highest BCUT2D eigenvalue weighted by Gasteiger charge is 2.15. The van der Waals surface area contributed by atoms with Crippen LogP contribution in [0.2, 0.25) is 0 Å². The molecule has 2 aromatic rings. The van der Waals surface area contributed by atoms with Gasteiger partial charge in [0.05, 0.1) is 18.4 Å². The summed E-state index contributed by atoms with van der Waals surface area (Å²) < 4.78 is 5.29. The first-order valence-corrected chi connectivity index (χ1v) is 8.32. The lowest BCUT2D eigenvalue weighted by Gasteiger charge is -2.19. The zero-order valence-corrected chi connectivity index (χ0v) is 14.4. The number of carbonyl (C=O) groups excluding carboxylic acids is 1. The minimum Gasteiger partial charge on any atom is -0.496 e. The lowest BCUT2D eigenvalue weighted by atomic mass is 10.2. The van der Waals surface area contributed by atoms with Gasteiger partial charge < -0.3 is 14.7 Å². The monoisotopic (exact) mass is 345 g/mol. The summed E-state index contributed by atoms with van der Waals surface area (Å²) in [5, 5.41) is 9.17. The second-order valence-electron chi connectivity index (χ2n) is 5.15. The highest BCUT2D eigenvalue weighted by atomic mass is 32.2. The second kappa shape index (κ2) is 8.40. The Kier molecular flexibility index (Phi) is 6.26. The van der Waals surface area contributed by atoms with Crippen LogP contribution in [0.25, 0.3) is 0 Å². The summed E-state index contributed by atoms with van der Waals surface area (Å²) in [6.45, 7) is 0.435. The van der Waals surface area contributed by atoms with Gasteiger partial charge in [-0.3, -0.25) is 4.79 Å². The van der Waals surface area contributed by atoms with Crippen molar-refractivity contribution >= 4 is 23.6 Å². The summed E-state index contributed by atoms with van der Waals surface area (Å²) in [6.07, 6.45) is 0. The van der Waals surface area contributed by atoms with Gasteiger partial charge in [-0.2, -0.15) is 0 Å². The molecule has 0 aliphatic carbocycles. The molecule has 0 heterocycles. The number of nitrogens with zero attached hydrogens (tertiary/aromatic N) is 1. The fourth-order valence-corrected chi connectivity index (χ4v) is 3.18. The lowest BCUT2D eigenvalue weighted by molar-refractivity contribution is -0.127. The molecule has 0 spiro atoms. The molecule has 0 aromatic heterocycles. The van der Waals surface area contributed by atoms with Gasteiger partial charge in [0, 0.05) is 24.1 Å². The molecule has 1 amide bonds. The van der Waals surface area contributed by atoms with Crippen LogP contribution in [0.1, 0.15) is 15.9 Å². The number of benzene rings is 2. The number of hydrogen-bond acceptors (Lipinski definition) is 4. The van der Waals surface area contributed by atoms with Crippen molar-refractivity contribution in [2.24, 2.45) is 0 Å². The summed E-state index contributed by atoms with van der Waals surface area (Å²) in [7, 11) is 3.32. The molecule has 5 nitrogen and oxygen atoms in total. The number of ether oxygens (including phenoxy) is 1. The van der Waals surface area contributed by atoms with Gasteiger partial charge in [-0.05, 0) is 18.2 Å². The van der Waals surface area contributed by atoms with E-state index >= 15 is 0 Å². The Hall–Kier alpha value is -2.47. The Morgan fingerprint density at radius 3 is 2.50 bits per heavy atom. The average Bonchev–Trinajstić information content (AvgIpc) is 2.60. The first kappa shape index (κ1) is 17.9. The normalized spacial score (nSPS) is 10.2. The van der Waals surface area contributed by atoms with Crippen LogP contribution < -0.4 is 4.74 Å². The number of hydrogen-bond donors (Lipinski definition) is 1. The molecule has 0 saturated carbocycles. The number of carbonyl (C=O) groups is 2. The van der Waals surface area contributed by atoms with Gasteiger partial charge in [0.2, 0.25) is 5.91 Å². The van der Waals surface area contributed by atoms with Crippen molar-refractivity contribution in [3.63, 3.8) is 0 Å². The fourth-order valence-electron chi connectivity index (χ4n) is 2.20. The average molecular weight is 345 g/mol. The van der Waals surface area contributed by atoms with Crippen LogP contribution in [0.5, 0.6) is 5.75 Å². The Morgan fingerprint density at radius 2 is 1.79 bits per heavy atom. The van der Waals surface area contributed by atoms with Crippen molar-refractivity contribution in [3.05, 3.63) is 59.7 Å². The molecule has 0 aliphatic heterocycles. The summed E-state index contributed by atoms with van der Waals surface area (Å²) in [4.78, 5) is 25.7. The second-order valence-corrected chi connectivity index (χ2v) is 6.17. The van der Waals surface area contributed by atoms with Gasteiger partial charge in [-0.1, -0.05) is 30.3 Å². The Balaban J connectivity index is 1.99. The van der Waals surface area contributed by atoms with Crippen LogP contribution in [0.4, 0.5) is 0 Å². The summed E-state index contributed by atoms with van der Waals surface area (Å²) >= 11 is 1.23. The number of carboxylic acid groups (broad SMARTS) is 1. The van der Waals surface area contributed by atoms with Crippen LogP contribution in [-0.4, -0.2) is 41.8 Å². The molecule has 2 aromatic carbocycles. The molecule has 0 unspecified atom stereocenters. The third kappa shape index (κ3) is 4.52. The number of amides is 1. The number of methoxy groups -OCH3 is 1. The fraction of sp³-hybridized carbons (Fsp3) is 0.222. The highest BCUT2D eigenvalue weighted by molar-refractivity contribution is 8.00. The maximum Gasteiger partial charge on any atom is 0.336 e. The zero-order chi connectivity index (χ0) is 17.5. The predicted molar refractivity (Wildman–Crippen MR) is 93.6 cm³/mol. The molecule has 6 heteroatoms. The molecule has 0 fully saturated rings. The van der Waals surface area contributed by atoms with E-state index in [2.05, 4.69) is 0 Å². The number of aromatic carboxylic acids is 1. The molecular weight excluding hydrogens is 326 g/mol. The topological polar surface area (TPSA) is 66.8 Å². The molecule has 24 heavy (non-hydrogen) atoms. The van der Waals surface area contributed by atoms with Gasteiger partial charge in [0.1, 0.15) is 5.75 Å². The van der Waals surface area contributed by atoms with E-state index in [1.807, 2.05) is 24.3 Å². The van der Waals surface area contributed by atoms with E-state index in [-0.39, 0.29) is 17.2 Å². The maximum atomic E-state index is 12.3. The van der Waals surface area contributed by atoms with Crippen LogP contribution in [-0.2, 0) is 11.3 Å².